The van der Waals surface area contributed by atoms with Crippen LogP contribution in [0.25, 0.3) is 17.1 Å². The van der Waals surface area contributed by atoms with E-state index in [1.807, 2.05) is 60.0 Å². The zero-order valence-electron chi connectivity index (χ0n) is 19.0. The highest BCUT2D eigenvalue weighted by Crippen LogP contribution is 2.29. The van der Waals surface area contributed by atoms with E-state index < -0.39 is 0 Å². The maximum absolute atomic E-state index is 12.4. The number of phenols is 1. The van der Waals surface area contributed by atoms with Crippen molar-refractivity contribution in [1.29, 1.82) is 0 Å². The van der Waals surface area contributed by atoms with Crippen LogP contribution < -0.4 is 10.2 Å². The largest absolute Gasteiger partial charge is 0.507 e. The molecule has 1 aromatic heterocycles. The molecule has 1 heterocycles. The Morgan fingerprint density at radius 3 is 2.60 bits per heavy atom. The second-order valence-electron chi connectivity index (χ2n) is 7.49. The van der Waals surface area contributed by atoms with Gasteiger partial charge in [0, 0.05) is 21.3 Å². The van der Waals surface area contributed by atoms with Crippen LogP contribution in [0.2, 0.25) is 0 Å². The number of nitrogens with one attached hydrogen (secondary N) is 1. The van der Waals surface area contributed by atoms with Gasteiger partial charge in [0.25, 0.3) is 5.91 Å². The fourth-order valence-corrected chi connectivity index (χ4v) is 4.31. The van der Waals surface area contributed by atoms with E-state index >= 15 is 0 Å². The van der Waals surface area contributed by atoms with E-state index in [-0.39, 0.29) is 17.4 Å². The van der Waals surface area contributed by atoms with Crippen LogP contribution in [0, 0.1) is 6.92 Å². The third kappa shape index (κ3) is 6.09. The van der Waals surface area contributed by atoms with Gasteiger partial charge >= 0.3 is 0 Å². The number of thioether (sulfide) groups is 1. The fourth-order valence-electron chi connectivity index (χ4n) is 3.18. The number of hydrogen-bond acceptors (Lipinski definition) is 7. The molecule has 0 saturated heterocycles. The molecule has 0 bridgehead atoms. The molecule has 0 aliphatic rings. The predicted octanol–water partition coefficient (Wildman–Crippen LogP) is 4.96. The summed E-state index contributed by atoms with van der Waals surface area (Å²) in [4.78, 5) is 12.4. The Morgan fingerprint density at radius 2 is 1.89 bits per heavy atom. The Hall–Kier alpha value is -3.63. The minimum absolute atomic E-state index is 0.0674. The van der Waals surface area contributed by atoms with Gasteiger partial charge in [0.2, 0.25) is 0 Å². The fraction of sp³-hybridized carbons (Fsp3) is 0.120. The SMILES string of the molecule is COc1ccc(-c2nnc(SCC(=O)N/N=C\c3cc(Br)ccc3O)n2-c2ccc(C)cc2)cc1. The molecule has 0 atom stereocenters. The maximum Gasteiger partial charge on any atom is 0.250 e. The van der Waals surface area contributed by atoms with Crippen molar-refractivity contribution in [3.63, 3.8) is 0 Å². The van der Waals surface area contributed by atoms with Crippen LogP contribution in [0.3, 0.4) is 0 Å². The summed E-state index contributed by atoms with van der Waals surface area (Å²) in [6.07, 6.45) is 1.39. The zero-order chi connectivity index (χ0) is 24.8. The van der Waals surface area contributed by atoms with Crippen LogP contribution in [-0.4, -0.2) is 44.9 Å². The van der Waals surface area contributed by atoms with Crippen molar-refractivity contribution < 1.29 is 14.6 Å². The summed E-state index contributed by atoms with van der Waals surface area (Å²) < 4.78 is 7.97. The molecule has 8 nitrogen and oxygen atoms in total. The lowest BCUT2D eigenvalue weighted by Crippen LogP contribution is -2.20. The quantitative estimate of drug-likeness (QED) is 0.182. The van der Waals surface area contributed by atoms with Crippen molar-refractivity contribution in [3.05, 3.63) is 82.3 Å². The molecule has 0 saturated carbocycles. The van der Waals surface area contributed by atoms with E-state index in [4.69, 9.17) is 4.74 Å². The molecule has 2 N–H and O–H groups in total. The van der Waals surface area contributed by atoms with Crippen LogP contribution in [0.1, 0.15) is 11.1 Å². The highest BCUT2D eigenvalue weighted by molar-refractivity contribution is 9.10. The molecule has 10 heteroatoms. The molecule has 178 valence electrons. The molecule has 4 rings (SSSR count). The van der Waals surface area contributed by atoms with Gasteiger partial charge in [0.15, 0.2) is 11.0 Å². The van der Waals surface area contributed by atoms with Crippen LogP contribution >= 0.6 is 27.7 Å². The van der Waals surface area contributed by atoms with Gasteiger partial charge in [-0.05, 0) is 61.5 Å². The summed E-state index contributed by atoms with van der Waals surface area (Å²) in [5.74, 6) is 1.23. The van der Waals surface area contributed by atoms with E-state index in [1.54, 1.807) is 25.3 Å². The highest BCUT2D eigenvalue weighted by atomic mass is 79.9. The number of hydrazone groups is 1. The van der Waals surface area contributed by atoms with Crippen molar-refractivity contribution >= 4 is 39.8 Å². The van der Waals surface area contributed by atoms with Crippen LogP contribution in [0.5, 0.6) is 11.5 Å². The first-order valence-electron chi connectivity index (χ1n) is 10.5. The molecule has 0 unspecified atom stereocenters. The number of phenolic OH excluding ortho intramolecular Hbond substituents is 1. The van der Waals surface area contributed by atoms with Gasteiger partial charge in [0.1, 0.15) is 11.5 Å². The number of nitrogens with zero attached hydrogens (tertiary/aromatic N) is 4. The number of aromatic nitrogens is 3. The molecule has 0 fully saturated rings. The lowest BCUT2D eigenvalue weighted by molar-refractivity contribution is -0.118. The predicted molar refractivity (Wildman–Crippen MR) is 140 cm³/mol. The van der Waals surface area contributed by atoms with Crippen LogP contribution in [0.15, 0.2) is 81.5 Å². The Bertz CT molecular complexity index is 1350. The molecule has 4 aromatic rings. The third-order valence-corrected chi connectivity index (χ3v) is 6.41. The number of benzene rings is 3. The number of amides is 1. The van der Waals surface area contributed by atoms with Crippen molar-refractivity contribution in [3.8, 4) is 28.6 Å². The lowest BCUT2D eigenvalue weighted by atomic mass is 10.2. The zero-order valence-corrected chi connectivity index (χ0v) is 21.4. The van der Waals surface area contributed by atoms with Crippen molar-refractivity contribution in [1.82, 2.24) is 20.2 Å². The van der Waals surface area contributed by atoms with E-state index in [9.17, 15) is 9.90 Å². The first-order valence-corrected chi connectivity index (χ1v) is 12.3. The number of halogens is 1. The Balaban J connectivity index is 1.52. The first-order chi connectivity index (χ1) is 16.9. The Morgan fingerprint density at radius 1 is 1.14 bits per heavy atom. The molecule has 1 amide bonds. The van der Waals surface area contributed by atoms with Gasteiger partial charge in [-0.25, -0.2) is 5.43 Å². The molecular weight excluding hydrogens is 530 g/mol. The van der Waals surface area contributed by atoms with Gasteiger partial charge in [-0.15, -0.1) is 10.2 Å². The number of ether oxygens (including phenoxy) is 1. The van der Waals surface area contributed by atoms with E-state index in [0.29, 0.717) is 16.5 Å². The number of carbonyl (C=O) groups excluding carboxylic acids is 1. The van der Waals surface area contributed by atoms with Gasteiger partial charge in [0.05, 0.1) is 19.1 Å². The number of methoxy groups -OCH3 is 1. The van der Waals surface area contributed by atoms with Crippen molar-refractivity contribution in [2.75, 3.05) is 12.9 Å². The number of rotatable bonds is 8. The van der Waals surface area contributed by atoms with E-state index in [1.165, 1.54) is 18.0 Å². The van der Waals surface area contributed by atoms with Gasteiger partial charge in [-0.1, -0.05) is 45.4 Å². The second-order valence-corrected chi connectivity index (χ2v) is 9.35. The molecule has 0 spiro atoms. The monoisotopic (exact) mass is 551 g/mol. The first kappa shape index (κ1) is 24.5. The normalized spacial score (nSPS) is 11.1. The summed E-state index contributed by atoms with van der Waals surface area (Å²) >= 11 is 4.59. The molecule has 35 heavy (non-hydrogen) atoms. The molecular formula is C25H22BrN5O3S. The average Bonchev–Trinajstić information content (AvgIpc) is 3.29. The minimum atomic E-state index is -0.315. The lowest BCUT2D eigenvalue weighted by Gasteiger charge is -2.11. The topological polar surface area (TPSA) is 102 Å². The Kier molecular flexibility index (Phi) is 7.84. The van der Waals surface area contributed by atoms with Gasteiger partial charge in [-0.2, -0.15) is 5.10 Å². The smallest absolute Gasteiger partial charge is 0.250 e. The standard InChI is InChI=1S/C25H22BrN5O3S/c1-16-3-8-20(9-4-16)31-24(17-5-10-21(34-2)11-6-17)29-30-25(31)35-15-23(33)28-27-14-18-13-19(26)7-12-22(18)32/h3-14,32H,15H2,1-2H3,(H,28,33)/b27-14-. The van der Waals surface area contributed by atoms with Crippen LogP contribution in [0.4, 0.5) is 0 Å². The highest BCUT2D eigenvalue weighted by Gasteiger charge is 2.17. The second kappa shape index (κ2) is 11.2. The van der Waals surface area contributed by atoms with Gasteiger partial charge in [-0.3, -0.25) is 9.36 Å². The Labute approximate surface area is 215 Å². The summed E-state index contributed by atoms with van der Waals surface area (Å²) in [6, 6.07) is 20.5. The molecule has 3 aromatic carbocycles. The average molecular weight is 552 g/mol. The maximum atomic E-state index is 12.4. The summed E-state index contributed by atoms with van der Waals surface area (Å²) in [5.41, 5.74) is 5.85. The van der Waals surface area contributed by atoms with Gasteiger partial charge < -0.3 is 9.84 Å². The molecule has 0 radical (unpaired) electrons. The molecule has 0 aliphatic carbocycles. The van der Waals surface area contributed by atoms with Crippen molar-refractivity contribution in [2.45, 2.75) is 12.1 Å². The number of aromatic hydroxyl groups is 1. The molecule has 0 aliphatic heterocycles. The summed E-state index contributed by atoms with van der Waals surface area (Å²) in [7, 11) is 1.62. The number of aryl methyl sites for hydroxylation is 1. The minimum Gasteiger partial charge on any atom is -0.507 e. The third-order valence-electron chi connectivity index (χ3n) is 4.99. The van der Waals surface area contributed by atoms with Crippen molar-refractivity contribution in [2.24, 2.45) is 5.10 Å². The summed E-state index contributed by atoms with van der Waals surface area (Å²) in [6.45, 7) is 2.02. The number of carbonyl (C=O) groups is 1. The summed E-state index contributed by atoms with van der Waals surface area (Å²) in [5, 5.41) is 23.1. The number of hydrogen-bond donors (Lipinski definition) is 2. The van der Waals surface area contributed by atoms with E-state index in [2.05, 4.69) is 36.7 Å². The van der Waals surface area contributed by atoms with E-state index in [0.717, 1.165) is 27.0 Å². The van der Waals surface area contributed by atoms with Crippen LogP contribution in [-0.2, 0) is 4.79 Å².